The highest BCUT2D eigenvalue weighted by atomic mass is 32.1. The molecule has 0 spiro atoms. The lowest BCUT2D eigenvalue weighted by molar-refractivity contribution is 0.100. The number of hydrogen-bond donors (Lipinski definition) is 2. The van der Waals surface area contributed by atoms with E-state index in [4.69, 9.17) is 5.73 Å². The Labute approximate surface area is 100 Å². The number of hydrogen-bond acceptors (Lipinski definition) is 3. The molecule has 0 radical (unpaired) electrons. The summed E-state index contributed by atoms with van der Waals surface area (Å²) in [7, 11) is 0. The first-order valence-electron chi connectivity index (χ1n) is 5.86. The third kappa shape index (κ3) is 3.06. The molecule has 3 nitrogen and oxygen atoms in total. The lowest BCUT2D eigenvalue weighted by Crippen LogP contribution is -2.30. The summed E-state index contributed by atoms with van der Waals surface area (Å²) in [5, 5.41) is 5.38. The van der Waals surface area contributed by atoms with Crippen LogP contribution in [-0.4, -0.2) is 11.9 Å². The largest absolute Gasteiger partial charge is 0.366 e. The molecule has 1 fully saturated rings. The third-order valence-corrected chi connectivity index (χ3v) is 4.05. The summed E-state index contributed by atoms with van der Waals surface area (Å²) >= 11 is 1.60. The average molecular weight is 238 g/mol. The van der Waals surface area contributed by atoms with Crippen molar-refractivity contribution >= 4 is 17.2 Å². The molecule has 1 aromatic heterocycles. The van der Waals surface area contributed by atoms with Crippen LogP contribution < -0.4 is 11.1 Å². The Morgan fingerprint density at radius 3 is 2.81 bits per heavy atom. The second-order valence-corrected chi connectivity index (χ2v) is 5.38. The van der Waals surface area contributed by atoms with E-state index in [-0.39, 0.29) is 5.91 Å². The van der Waals surface area contributed by atoms with E-state index in [9.17, 15) is 4.79 Å². The van der Waals surface area contributed by atoms with Gasteiger partial charge in [-0.3, -0.25) is 4.79 Å². The van der Waals surface area contributed by atoms with Crippen molar-refractivity contribution in [3.63, 3.8) is 0 Å². The number of nitrogens with two attached hydrogens (primary N) is 1. The van der Waals surface area contributed by atoms with Gasteiger partial charge in [-0.05, 0) is 18.9 Å². The van der Waals surface area contributed by atoms with Crippen molar-refractivity contribution in [1.82, 2.24) is 5.32 Å². The van der Waals surface area contributed by atoms with Gasteiger partial charge in [0.2, 0.25) is 5.91 Å². The van der Waals surface area contributed by atoms with Gasteiger partial charge in [-0.2, -0.15) is 0 Å². The summed E-state index contributed by atoms with van der Waals surface area (Å²) in [5.41, 5.74) is 5.84. The minimum Gasteiger partial charge on any atom is -0.366 e. The van der Waals surface area contributed by atoms with Crippen LogP contribution in [0.3, 0.4) is 0 Å². The second-order valence-electron chi connectivity index (χ2n) is 4.38. The molecule has 1 heterocycles. The van der Waals surface area contributed by atoms with E-state index < -0.39 is 0 Å². The number of carbonyl (C=O) groups excluding carboxylic acids is 1. The maximum atomic E-state index is 10.9. The Bertz CT molecular complexity index is 356. The van der Waals surface area contributed by atoms with Crippen molar-refractivity contribution in [2.75, 3.05) is 0 Å². The number of nitrogens with one attached hydrogen (secondary N) is 1. The lowest BCUT2D eigenvalue weighted by Gasteiger charge is -2.22. The van der Waals surface area contributed by atoms with E-state index in [1.165, 1.54) is 37.0 Å². The standard InChI is InChI=1S/C12H18N2OS/c13-12(15)9-6-11(16-8-9)7-14-10-4-2-1-3-5-10/h6,8,10,14H,1-5,7H2,(H2,13,15). The quantitative estimate of drug-likeness (QED) is 0.845. The van der Waals surface area contributed by atoms with Crippen molar-refractivity contribution in [3.8, 4) is 0 Å². The van der Waals surface area contributed by atoms with E-state index in [0.717, 1.165) is 6.54 Å². The number of amides is 1. The molecule has 0 saturated heterocycles. The first-order chi connectivity index (χ1) is 7.75. The molecule has 0 atom stereocenters. The van der Waals surface area contributed by atoms with Gasteiger partial charge in [0.1, 0.15) is 0 Å². The molecule has 3 N–H and O–H groups in total. The van der Waals surface area contributed by atoms with E-state index in [0.29, 0.717) is 11.6 Å². The van der Waals surface area contributed by atoms with Crippen molar-refractivity contribution in [3.05, 3.63) is 21.9 Å². The average Bonchev–Trinajstić information content (AvgIpc) is 2.76. The van der Waals surface area contributed by atoms with Gasteiger partial charge in [0, 0.05) is 22.8 Å². The van der Waals surface area contributed by atoms with Gasteiger partial charge in [0.05, 0.1) is 5.56 Å². The van der Waals surface area contributed by atoms with Crippen LogP contribution in [0, 0.1) is 0 Å². The molecule has 0 unspecified atom stereocenters. The molecule has 0 aliphatic heterocycles. The molecule has 88 valence electrons. The summed E-state index contributed by atoms with van der Waals surface area (Å²) < 4.78 is 0. The van der Waals surface area contributed by atoms with Gasteiger partial charge in [0.15, 0.2) is 0 Å². The SMILES string of the molecule is NC(=O)c1csc(CNC2CCCCC2)c1. The van der Waals surface area contributed by atoms with Crippen LogP contribution >= 0.6 is 11.3 Å². The Balaban J connectivity index is 1.81. The Morgan fingerprint density at radius 1 is 1.44 bits per heavy atom. The van der Waals surface area contributed by atoms with Crippen molar-refractivity contribution in [2.45, 2.75) is 44.7 Å². The molecule has 1 amide bonds. The molecule has 1 aromatic rings. The van der Waals surface area contributed by atoms with Crippen LogP contribution in [0.1, 0.15) is 47.3 Å². The second kappa shape index (κ2) is 5.46. The summed E-state index contributed by atoms with van der Waals surface area (Å²) in [6.45, 7) is 0.864. The Morgan fingerprint density at radius 2 is 2.19 bits per heavy atom. The number of thiophene rings is 1. The van der Waals surface area contributed by atoms with Crippen molar-refractivity contribution < 1.29 is 4.79 Å². The zero-order valence-electron chi connectivity index (χ0n) is 9.37. The minimum atomic E-state index is -0.333. The predicted octanol–water partition coefficient (Wildman–Crippen LogP) is 2.27. The first kappa shape index (κ1) is 11.6. The fraction of sp³-hybridized carbons (Fsp3) is 0.583. The minimum absolute atomic E-state index is 0.333. The summed E-state index contributed by atoms with van der Waals surface area (Å²) in [5.74, 6) is -0.333. The Kier molecular flexibility index (Phi) is 3.96. The smallest absolute Gasteiger partial charge is 0.249 e. The van der Waals surface area contributed by atoms with Crippen LogP contribution in [-0.2, 0) is 6.54 Å². The van der Waals surface area contributed by atoms with E-state index >= 15 is 0 Å². The summed E-state index contributed by atoms with van der Waals surface area (Å²) in [4.78, 5) is 12.1. The van der Waals surface area contributed by atoms with Gasteiger partial charge >= 0.3 is 0 Å². The van der Waals surface area contributed by atoms with Crippen LogP contribution in [0.5, 0.6) is 0 Å². The topological polar surface area (TPSA) is 55.1 Å². The van der Waals surface area contributed by atoms with Crippen LogP contribution in [0.15, 0.2) is 11.4 Å². The number of primary amides is 1. The fourth-order valence-corrected chi connectivity index (χ4v) is 2.98. The summed E-state index contributed by atoms with van der Waals surface area (Å²) in [6, 6.07) is 2.55. The molecule has 1 saturated carbocycles. The monoisotopic (exact) mass is 238 g/mol. The Hall–Kier alpha value is -0.870. The van der Waals surface area contributed by atoms with Crippen molar-refractivity contribution in [2.24, 2.45) is 5.73 Å². The van der Waals surface area contributed by atoms with Gasteiger partial charge < -0.3 is 11.1 Å². The maximum absolute atomic E-state index is 10.9. The predicted molar refractivity (Wildman–Crippen MR) is 66.5 cm³/mol. The molecule has 2 rings (SSSR count). The van der Waals surface area contributed by atoms with Crippen LogP contribution in [0.2, 0.25) is 0 Å². The molecule has 1 aliphatic rings. The third-order valence-electron chi connectivity index (χ3n) is 3.11. The van der Waals surface area contributed by atoms with Gasteiger partial charge in [-0.1, -0.05) is 19.3 Å². The highest BCUT2D eigenvalue weighted by molar-refractivity contribution is 7.10. The molecular formula is C12H18N2OS. The van der Waals surface area contributed by atoms with E-state index in [2.05, 4.69) is 5.32 Å². The molecule has 0 bridgehead atoms. The van der Waals surface area contributed by atoms with Crippen molar-refractivity contribution in [1.29, 1.82) is 0 Å². The zero-order chi connectivity index (χ0) is 11.4. The van der Waals surface area contributed by atoms with Gasteiger partial charge in [-0.15, -0.1) is 11.3 Å². The molecule has 4 heteroatoms. The maximum Gasteiger partial charge on any atom is 0.249 e. The first-order valence-corrected chi connectivity index (χ1v) is 6.74. The molecular weight excluding hydrogens is 220 g/mol. The van der Waals surface area contributed by atoms with E-state index in [1.807, 2.05) is 11.4 Å². The molecule has 16 heavy (non-hydrogen) atoms. The highest BCUT2D eigenvalue weighted by Gasteiger charge is 2.13. The number of carbonyl (C=O) groups is 1. The van der Waals surface area contributed by atoms with Crippen LogP contribution in [0.4, 0.5) is 0 Å². The zero-order valence-corrected chi connectivity index (χ0v) is 10.2. The van der Waals surface area contributed by atoms with Gasteiger partial charge in [-0.25, -0.2) is 0 Å². The summed E-state index contributed by atoms with van der Waals surface area (Å²) in [6.07, 6.45) is 6.63. The highest BCUT2D eigenvalue weighted by Crippen LogP contribution is 2.19. The van der Waals surface area contributed by atoms with Crippen LogP contribution in [0.25, 0.3) is 0 Å². The molecule has 1 aliphatic carbocycles. The fourth-order valence-electron chi connectivity index (χ4n) is 2.15. The molecule has 0 aromatic carbocycles. The number of rotatable bonds is 4. The lowest BCUT2D eigenvalue weighted by atomic mass is 9.95. The normalized spacial score (nSPS) is 17.5. The van der Waals surface area contributed by atoms with Gasteiger partial charge in [0.25, 0.3) is 0 Å². The van der Waals surface area contributed by atoms with E-state index in [1.54, 1.807) is 11.3 Å².